The number of rotatable bonds is 2. The summed E-state index contributed by atoms with van der Waals surface area (Å²) >= 11 is 11.6. The summed E-state index contributed by atoms with van der Waals surface area (Å²) in [5, 5.41) is 3.79. The van der Waals surface area contributed by atoms with Crippen LogP contribution in [-0.2, 0) is 0 Å². The van der Waals surface area contributed by atoms with Crippen LogP contribution in [0.1, 0.15) is 10.4 Å². The molecular formula is C8H8Cl2N4O. The van der Waals surface area contributed by atoms with Gasteiger partial charge in [0.05, 0.1) is 15.6 Å². The van der Waals surface area contributed by atoms with Crippen LogP contribution in [0.15, 0.2) is 23.3 Å². The molecule has 1 aromatic rings. The van der Waals surface area contributed by atoms with Crippen LogP contribution in [0.2, 0.25) is 10.0 Å². The van der Waals surface area contributed by atoms with Crippen LogP contribution in [0.4, 0.5) is 0 Å². The number of amides is 1. The molecule has 0 saturated heterocycles. The Morgan fingerprint density at radius 3 is 2.27 bits per heavy atom. The predicted molar refractivity (Wildman–Crippen MR) is 59.7 cm³/mol. The van der Waals surface area contributed by atoms with E-state index in [0.29, 0.717) is 0 Å². The Morgan fingerprint density at radius 1 is 1.27 bits per heavy atom. The number of nitrogens with zero attached hydrogens (tertiary/aromatic N) is 1. The maximum atomic E-state index is 11.5. The van der Waals surface area contributed by atoms with Gasteiger partial charge in [-0.2, -0.15) is 0 Å². The van der Waals surface area contributed by atoms with Gasteiger partial charge in [0.25, 0.3) is 5.91 Å². The Labute approximate surface area is 96.0 Å². The highest BCUT2D eigenvalue weighted by Crippen LogP contribution is 2.23. The summed E-state index contributed by atoms with van der Waals surface area (Å²) in [6, 6.07) is 4.71. The molecule has 0 saturated carbocycles. The molecule has 0 aliphatic rings. The number of nitrogens with two attached hydrogens (primary N) is 2. The molecular weight excluding hydrogens is 239 g/mol. The minimum Gasteiger partial charge on any atom is -0.369 e. The van der Waals surface area contributed by atoms with Crippen LogP contribution < -0.4 is 16.9 Å². The molecule has 0 unspecified atom stereocenters. The van der Waals surface area contributed by atoms with E-state index in [2.05, 4.69) is 10.5 Å². The number of hydrogen-bond acceptors (Lipinski definition) is 2. The van der Waals surface area contributed by atoms with Crippen molar-refractivity contribution in [1.82, 2.24) is 5.43 Å². The minimum absolute atomic E-state index is 0.130. The van der Waals surface area contributed by atoms with E-state index in [1.807, 2.05) is 0 Å². The highest BCUT2D eigenvalue weighted by atomic mass is 35.5. The maximum Gasteiger partial charge on any atom is 0.274 e. The van der Waals surface area contributed by atoms with Gasteiger partial charge in [-0.15, -0.1) is 5.10 Å². The van der Waals surface area contributed by atoms with Crippen molar-refractivity contribution in [3.63, 3.8) is 0 Å². The molecule has 0 fully saturated rings. The molecule has 0 radical (unpaired) electrons. The first kappa shape index (κ1) is 11.6. The number of hydrogen-bond donors (Lipinski definition) is 3. The number of carbonyl (C=O) groups is 1. The van der Waals surface area contributed by atoms with Gasteiger partial charge in [0.1, 0.15) is 0 Å². The molecule has 0 spiro atoms. The van der Waals surface area contributed by atoms with Crippen LogP contribution in [0.3, 0.4) is 0 Å². The second kappa shape index (κ2) is 4.86. The monoisotopic (exact) mass is 246 g/mol. The third-order valence-corrected chi connectivity index (χ3v) is 2.11. The van der Waals surface area contributed by atoms with Gasteiger partial charge in [-0.3, -0.25) is 4.79 Å². The lowest BCUT2D eigenvalue weighted by Crippen LogP contribution is -2.29. The van der Waals surface area contributed by atoms with E-state index in [4.69, 9.17) is 34.7 Å². The second-order valence-corrected chi connectivity index (χ2v) is 3.39. The zero-order valence-electron chi connectivity index (χ0n) is 7.50. The largest absolute Gasteiger partial charge is 0.369 e. The smallest absolute Gasteiger partial charge is 0.274 e. The fourth-order valence-electron chi connectivity index (χ4n) is 0.886. The van der Waals surface area contributed by atoms with Crippen molar-refractivity contribution < 1.29 is 4.79 Å². The Hall–Kier alpha value is -1.46. The average Bonchev–Trinajstić information content (AvgIpc) is 2.14. The molecule has 0 aliphatic carbocycles. The van der Waals surface area contributed by atoms with Crippen molar-refractivity contribution in [1.29, 1.82) is 0 Å². The van der Waals surface area contributed by atoms with Crippen molar-refractivity contribution in [2.75, 3.05) is 0 Å². The molecule has 1 rings (SSSR count). The normalized spacial score (nSPS) is 9.47. The first-order valence-corrected chi connectivity index (χ1v) is 4.61. The van der Waals surface area contributed by atoms with Crippen molar-refractivity contribution in [2.24, 2.45) is 16.6 Å². The van der Waals surface area contributed by atoms with Crippen molar-refractivity contribution in [2.45, 2.75) is 0 Å². The first-order chi connectivity index (χ1) is 7.02. The maximum absolute atomic E-state index is 11.5. The molecule has 1 amide bonds. The predicted octanol–water partition coefficient (Wildman–Crippen LogP) is 0.912. The summed E-state index contributed by atoms with van der Waals surface area (Å²) in [6.07, 6.45) is 0. The van der Waals surface area contributed by atoms with E-state index >= 15 is 0 Å². The SMILES string of the molecule is NC(N)=NNC(=O)c1c(Cl)cccc1Cl. The fraction of sp³-hybridized carbons (Fsp3) is 0. The molecule has 5 nitrogen and oxygen atoms in total. The molecule has 0 aliphatic heterocycles. The molecule has 0 atom stereocenters. The van der Waals surface area contributed by atoms with Gasteiger partial charge in [0, 0.05) is 0 Å². The minimum atomic E-state index is -0.570. The highest BCUT2D eigenvalue weighted by Gasteiger charge is 2.13. The van der Waals surface area contributed by atoms with E-state index in [0.717, 1.165) is 0 Å². The fourth-order valence-corrected chi connectivity index (χ4v) is 1.46. The third kappa shape index (κ3) is 3.00. The molecule has 1 aromatic carbocycles. The average molecular weight is 247 g/mol. The molecule has 0 bridgehead atoms. The van der Waals surface area contributed by atoms with Gasteiger partial charge in [0.2, 0.25) is 5.96 Å². The zero-order valence-corrected chi connectivity index (χ0v) is 9.01. The summed E-state index contributed by atoms with van der Waals surface area (Å²) in [5.74, 6) is -0.828. The molecule has 0 heterocycles. The van der Waals surface area contributed by atoms with Crippen molar-refractivity contribution >= 4 is 35.1 Å². The lowest BCUT2D eigenvalue weighted by atomic mass is 10.2. The summed E-state index contributed by atoms with van der Waals surface area (Å²) in [5.41, 5.74) is 12.3. The van der Waals surface area contributed by atoms with Crippen LogP contribution >= 0.6 is 23.2 Å². The number of guanidine groups is 1. The first-order valence-electron chi connectivity index (χ1n) is 3.85. The van der Waals surface area contributed by atoms with Crippen LogP contribution in [0.25, 0.3) is 0 Å². The molecule has 0 aromatic heterocycles. The van der Waals surface area contributed by atoms with E-state index in [1.165, 1.54) is 12.1 Å². The van der Waals surface area contributed by atoms with Crippen molar-refractivity contribution in [3.05, 3.63) is 33.8 Å². The van der Waals surface area contributed by atoms with Gasteiger partial charge in [-0.05, 0) is 12.1 Å². The van der Waals surface area contributed by atoms with Crippen LogP contribution in [0.5, 0.6) is 0 Å². The summed E-state index contributed by atoms with van der Waals surface area (Å²) in [7, 11) is 0. The Balaban J connectivity index is 2.96. The van der Waals surface area contributed by atoms with Gasteiger partial charge >= 0.3 is 0 Å². The third-order valence-electron chi connectivity index (χ3n) is 1.48. The molecule has 5 N–H and O–H groups in total. The molecule has 80 valence electrons. The Kier molecular flexibility index (Phi) is 3.76. The van der Waals surface area contributed by atoms with Crippen LogP contribution in [-0.4, -0.2) is 11.9 Å². The van der Waals surface area contributed by atoms with E-state index in [-0.39, 0.29) is 21.6 Å². The van der Waals surface area contributed by atoms with Gasteiger partial charge in [-0.25, -0.2) is 5.43 Å². The molecule has 7 heteroatoms. The van der Waals surface area contributed by atoms with Gasteiger partial charge < -0.3 is 11.5 Å². The number of carbonyl (C=O) groups excluding carboxylic acids is 1. The quantitative estimate of drug-likeness (QED) is 0.412. The number of halogens is 2. The Morgan fingerprint density at radius 2 is 1.80 bits per heavy atom. The topological polar surface area (TPSA) is 93.5 Å². The second-order valence-electron chi connectivity index (χ2n) is 2.57. The summed E-state index contributed by atoms with van der Waals surface area (Å²) in [6.45, 7) is 0. The van der Waals surface area contributed by atoms with Gasteiger partial charge in [0.15, 0.2) is 0 Å². The summed E-state index contributed by atoms with van der Waals surface area (Å²) < 4.78 is 0. The van der Waals surface area contributed by atoms with Crippen LogP contribution in [0, 0.1) is 0 Å². The highest BCUT2D eigenvalue weighted by molar-refractivity contribution is 6.39. The lowest BCUT2D eigenvalue weighted by molar-refractivity contribution is 0.0955. The van der Waals surface area contributed by atoms with E-state index in [1.54, 1.807) is 6.07 Å². The lowest BCUT2D eigenvalue weighted by Gasteiger charge is -2.04. The zero-order chi connectivity index (χ0) is 11.4. The van der Waals surface area contributed by atoms with E-state index in [9.17, 15) is 4.79 Å². The van der Waals surface area contributed by atoms with Crippen molar-refractivity contribution in [3.8, 4) is 0 Å². The van der Waals surface area contributed by atoms with E-state index < -0.39 is 5.91 Å². The van der Waals surface area contributed by atoms with Gasteiger partial charge in [-0.1, -0.05) is 29.3 Å². The standard InChI is InChI=1S/C8H8Cl2N4O/c9-4-2-1-3-5(10)6(4)7(15)13-14-8(11)12/h1-3H,(H,13,15)(H4,11,12,14). The summed E-state index contributed by atoms with van der Waals surface area (Å²) in [4.78, 5) is 11.5. The Bertz CT molecular complexity index is 395. The number of nitrogens with one attached hydrogen (secondary N) is 1. The number of hydrazone groups is 1. The number of benzene rings is 1. The molecule has 15 heavy (non-hydrogen) atoms.